The first-order valence-electron chi connectivity index (χ1n) is 8.35. The Kier molecular flexibility index (Phi) is 4.12. The zero-order chi connectivity index (χ0) is 16.0. The van der Waals surface area contributed by atoms with Crippen LogP contribution >= 0.6 is 0 Å². The zero-order valence-corrected chi connectivity index (χ0v) is 14.4. The van der Waals surface area contributed by atoms with Crippen molar-refractivity contribution in [3.05, 3.63) is 12.0 Å². The fourth-order valence-electron chi connectivity index (χ4n) is 3.05. The number of ether oxygens (including phenoxy) is 1. The van der Waals surface area contributed by atoms with Gasteiger partial charge in [0, 0.05) is 19.2 Å². The molecule has 2 aliphatic rings. The molecule has 0 N–H and O–H groups in total. The smallest absolute Gasteiger partial charge is 0.398 e. The topological polar surface area (TPSA) is 45.5 Å². The molecule has 0 aromatic carbocycles. The average Bonchev–Trinajstić information content (AvgIpc) is 2.99. The molecule has 1 atom stereocenters. The lowest BCUT2D eigenvalue weighted by atomic mass is 9.86. The van der Waals surface area contributed by atoms with Gasteiger partial charge >= 0.3 is 7.12 Å². The molecule has 1 unspecified atom stereocenters. The molecule has 0 spiro atoms. The third-order valence-corrected chi connectivity index (χ3v) is 5.17. The molecule has 0 aliphatic carbocycles. The van der Waals surface area contributed by atoms with Gasteiger partial charge in [0.2, 0.25) is 0 Å². The van der Waals surface area contributed by atoms with Crippen LogP contribution in [0.4, 0.5) is 0 Å². The van der Waals surface area contributed by atoms with E-state index in [0.717, 1.165) is 43.9 Å². The Bertz CT molecular complexity index is 519. The van der Waals surface area contributed by atoms with E-state index in [4.69, 9.17) is 19.0 Å². The summed E-state index contributed by atoms with van der Waals surface area (Å²) in [6.45, 7) is 12.1. The van der Waals surface area contributed by atoms with Crippen LogP contribution in [0.1, 0.15) is 59.3 Å². The Balaban J connectivity index is 1.85. The van der Waals surface area contributed by atoms with E-state index in [-0.39, 0.29) is 18.3 Å². The zero-order valence-electron chi connectivity index (χ0n) is 14.4. The number of aromatic nitrogens is 2. The lowest BCUT2D eigenvalue weighted by Gasteiger charge is -2.32. The van der Waals surface area contributed by atoms with Crippen LogP contribution < -0.4 is 5.59 Å². The van der Waals surface area contributed by atoms with Gasteiger partial charge in [-0.1, -0.05) is 6.92 Å². The average molecular weight is 306 g/mol. The third kappa shape index (κ3) is 2.72. The van der Waals surface area contributed by atoms with Crippen molar-refractivity contribution >= 4 is 12.7 Å². The first-order chi connectivity index (χ1) is 10.3. The second kappa shape index (κ2) is 5.66. The Labute approximate surface area is 133 Å². The largest absolute Gasteiger partial charge is 0.516 e. The van der Waals surface area contributed by atoms with Gasteiger partial charge in [-0.2, -0.15) is 0 Å². The molecule has 1 aromatic heterocycles. The van der Waals surface area contributed by atoms with Crippen LogP contribution in [0.25, 0.3) is 0 Å². The molecule has 1 aromatic rings. The number of nitrogens with zero attached hydrogens (tertiary/aromatic N) is 2. The summed E-state index contributed by atoms with van der Waals surface area (Å²) in [6.07, 6.45) is 5.25. The van der Waals surface area contributed by atoms with Crippen molar-refractivity contribution in [1.29, 1.82) is 0 Å². The Morgan fingerprint density at radius 3 is 2.50 bits per heavy atom. The van der Waals surface area contributed by atoms with E-state index < -0.39 is 0 Å². The summed E-state index contributed by atoms with van der Waals surface area (Å²) in [5, 5.41) is 0. The van der Waals surface area contributed by atoms with Crippen molar-refractivity contribution in [2.75, 3.05) is 13.2 Å². The van der Waals surface area contributed by atoms with Gasteiger partial charge in [0.15, 0.2) is 0 Å². The van der Waals surface area contributed by atoms with Crippen LogP contribution in [0.3, 0.4) is 0 Å². The fourth-order valence-corrected chi connectivity index (χ4v) is 3.05. The summed E-state index contributed by atoms with van der Waals surface area (Å²) in [7, 11) is -0.388. The summed E-state index contributed by atoms with van der Waals surface area (Å²) in [6, 6.07) is 0.382. The molecule has 0 amide bonds. The van der Waals surface area contributed by atoms with Gasteiger partial charge in [-0.05, 0) is 40.5 Å². The standard InChI is InChI=1S/C16H27BN2O3/c1-6-14-18-13(10-19(14)12-8-7-9-20-11-12)17-21-15(2,3)16(4,5)22-17/h10,12H,6-9,11H2,1-5H3. The van der Waals surface area contributed by atoms with Gasteiger partial charge in [-0.3, -0.25) is 0 Å². The molecule has 3 rings (SSSR count). The summed E-state index contributed by atoms with van der Waals surface area (Å²) in [5.74, 6) is 1.08. The minimum atomic E-state index is -0.388. The fraction of sp³-hybridized carbons (Fsp3) is 0.812. The first-order valence-corrected chi connectivity index (χ1v) is 8.35. The lowest BCUT2D eigenvalue weighted by Crippen LogP contribution is -2.41. The normalized spacial score (nSPS) is 27.3. The monoisotopic (exact) mass is 306 g/mol. The Hall–Kier alpha value is -0.845. The summed E-state index contributed by atoms with van der Waals surface area (Å²) in [4.78, 5) is 4.77. The number of hydrogen-bond donors (Lipinski definition) is 0. The van der Waals surface area contributed by atoms with Gasteiger partial charge in [0.05, 0.1) is 29.4 Å². The van der Waals surface area contributed by atoms with E-state index in [2.05, 4.69) is 45.4 Å². The molecule has 2 aliphatic heterocycles. The molecular formula is C16H27BN2O3. The molecule has 2 fully saturated rings. The maximum atomic E-state index is 6.12. The van der Waals surface area contributed by atoms with Crippen molar-refractivity contribution in [3.8, 4) is 0 Å². The van der Waals surface area contributed by atoms with E-state index in [1.54, 1.807) is 0 Å². The van der Waals surface area contributed by atoms with Crippen LogP contribution in [0.5, 0.6) is 0 Å². The highest BCUT2D eigenvalue weighted by atomic mass is 16.7. The SMILES string of the molecule is CCc1nc(B2OC(C)(C)C(C)(C)O2)cn1C1CCCOC1. The summed E-state index contributed by atoms with van der Waals surface area (Å²) in [5.41, 5.74) is 0.213. The van der Waals surface area contributed by atoms with E-state index >= 15 is 0 Å². The molecule has 2 saturated heterocycles. The van der Waals surface area contributed by atoms with Crippen molar-refractivity contribution in [1.82, 2.24) is 9.55 Å². The van der Waals surface area contributed by atoms with E-state index in [9.17, 15) is 0 Å². The molecule has 5 nitrogen and oxygen atoms in total. The molecule has 0 saturated carbocycles. The molecule has 0 radical (unpaired) electrons. The number of aryl methyl sites for hydroxylation is 1. The van der Waals surface area contributed by atoms with E-state index in [1.807, 2.05) is 0 Å². The first kappa shape index (κ1) is 16.0. The van der Waals surface area contributed by atoms with E-state index in [1.165, 1.54) is 0 Å². The highest BCUT2D eigenvalue weighted by molar-refractivity contribution is 6.61. The van der Waals surface area contributed by atoms with Gasteiger partial charge in [-0.15, -0.1) is 0 Å². The van der Waals surface area contributed by atoms with Crippen LogP contribution in [-0.4, -0.2) is 41.1 Å². The third-order valence-electron chi connectivity index (χ3n) is 5.17. The van der Waals surface area contributed by atoms with Gasteiger partial charge < -0.3 is 18.6 Å². The van der Waals surface area contributed by atoms with Crippen LogP contribution in [0, 0.1) is 0 Å². The molecule has 6 heteroatoms. The molecule has 0 bridgehead atoms. The Morgan fingerprint density at radius 1 is 1.27 bits per heavy atom. The quantitative estimate of drug-likeness (QED) is 0.802. The number of imidazole rings is 1. The van der Waals surface area contributed by atoms with Crippen molar-refractivity contribution in [2.45, 2.75) is 71.1 Å². The predicted octanol–water partition coefficient (Wildman–Crippen LogP) is 2.10. The van der Waals surface area contributed by atoms with Gasteiger partial charge in [-0.25, -0.2) is 4.98 Å². The molecule has 3 heterocycles. The van der Waals surface area contributed by atoms with Gasteiger partial charge in [0.25, 0.3) is 0 Å². The Morgan fingerprint density at radius 2 is 1.95 bits per heavy atom. The highest BCUT2D eigenvalue weighted by Crippen LogP contribution is 2.36. The minimum absolute atomic E-state index is 0.332. The minimum Gasteiger partial charge on any atom is -0.398 e. The molecule has 122 valence electrons. The molecule has 22 heavy (non-hydrogen) atoms. The maximum absolute atomic E-state index is 6.12. The number of hydrogen-bond acceptors (Lipinski definition) is 4. The number of rotatable bonds is 3. The van der Waals surface area contributed by atoms with Crippen LogP contribution in [0.15, 0.2) is 6.20 Å². The second-order valence-corrected chi connectivity index (χ2v) is 7.30. The summed E-state index contributed by atoms with van der Waals surface area (Å²) < 4.78 is 20.1. The van der Waals surface area contributed by atoms with E-state index in [0.29, 0.717) is 6.04 Å². The van der Waals surface area contributed by atoms with Crippen molar-refractivity contribution in [3.63, 3.8) is 0 Å². The second-order valence-electron chi connectivity index (χ2n) is 7.30. The lowest BCUT2D eigenvalue weighted by molar-refractivity contribution is 0.00578. The molecular weight excluding hydrogens is 279 g/mol. The predicted molar refractivity (Wildman–Crippen MR) is 86.4 cm³/mol. The maximum Gasteiger partial charge on any atom is 0.516 e. The highest BCUT2D eigenvalue weighted by Gasteiger charge is 2.52. The van der Waals surface area contributed by atoms with Crippen LogP contribution in [0.2, 0.25) is 0 Å². The van der Waals surface area contributed by atoms with Crippen molar-refractivity contribution in [2.24, 2.45) is 0 Å². The summed E-state index contributed by atoms with van der Waals surface area (Å²) >= 11 is 0. The van der Waals surface area contributed by atoms with Gasteiger partial charge in [0.1, 0.15) is 5.82 Å². The van der Waals surface area contributed by atoms with Crippen LogP contribution in [-0.2, 0) is 20.5 Å². The van der Waals surface area contributed by atoms with Crippen molar-refractivity contribution < 1.29 is 14.0 Å².